The molecule has 3 aromatic rings. The molecule has 0 saturated heterocycles. The van der Waals surface area contributed by atoms with E-state index in [2.05, 4.69) is 29.5 Å². The fourth-order valence-electron chi connectivity index (χ4n) is 4.67. The van der Waals surface area contributed by atoms with Gasteiger partial charge in [0.05, 0.1) is 18.8 Å². The zero-order valence-corrected chi connectivity index (χ0v) is 22.3. The Kier molecular flexibility index (Phi) is 10.1. The molecular weight excluding hydrogens is 478 g/mol. The summed E-state index contributed by atoms with van der Waals surface area (Å²) in [4.78, 5) is 28.1. The molecule has 1 aliphatic heterocycles. The van der Waals surface area contributed by atoms with Crippen LogP contribution in [-0.4, -0.2) is 53.7 Å². The molecule has 0 bridgehead atoms. The van der Waals surface area contributed by atoms with Gasteiger partial charge >= 0.3 is 0 Å². The fraction of sp³-hybridized carbons (Fsp3) is 0.433. The molecule has 4 rings (SSSR count). The van der Waals surface area contributed by atoms with Crippen LogP contribution in [0, 0.1) is 13.8 Å². The van der Waals surface area contributed by atoms with Crippen LogP contribution in [0.5, 0.6) is 0 Å². The number of amides is 2. The molecule has 2 amide bonds. The zero-order chi connectivity index (χ0) is 26.4. The number of anilines is 1. The second kappa shape index (κ2) is 13.2. The summed E-state index contributed by atoms with van der Waals surface area (Å²) >= 11 is 0. The SMILES string of the molecule is C.CCCCCNC(=O)CN(CC(=O)N(C)N1Cc2ccccc2C1)c1ccc(-c2cc(C)no2)cc1C. The molecule has 0 aliphatic carbocycles. The van der Waals surface area contributed by atoms with Crippen LogP contribution >= 0.6 is 0 Å². The number of aryl methyl sites for hydroxylation is 2. The minimum atomic E-state index is -0.0885. The van der Waals surface area contributed by atoms with Crippen LogP contribution in [0.25, 0.3) is 11.3 Å². The third kappa shape index (κ3) is 7.01. The molecule has 204 valence electrons. The maximum absolute atomic E-state index is 13.4. The Bertz CT molecular complexity index is 1210. The number of rotatable bonds is 11. The van der Waals surface area contributed by atoms with Gasteiger partial charge in [0.25, 0.3) is 5.91 Å². The number of fused-ring (bicyclic) bond motifs is 1. The predicted octanol–water partition coefficient (Wildman–Crippen LogP) is 5.10. The standard InChI is InChI=1S/C29H37N5O3.CH4/c1-5-6-9-14-30-28(35)19-33(26-13-12-23(15-21(26)2)27-16-22(3)31-37-27)20-29(36)32(4)34-17-24-10-7-8-11-25(24)18-34;/h7-8,10-13,15-16H,5-6,9,14,17-20H2,1-4H3,(H,30,35);1H4. The molecule has 8 heteroatoms. The summed E-state index contributed by atoms with van der Waals surface area (Å²) in [7, 11) is 1.80. The Morgan fingerprint density at radius 1 is 1.03 bits per heavy atom. The number of nitrogens with zero attached hydrogens (tertiary/aromatic N) is 4. The van der Waals surface area contributed by atoms with E-state index >= 15 is 0 Å². The average molecular weight is 520 g/mol. The molecule has 0 spiro atoms. The van der Waals surface area contributed by atoms with Gasteiger partial charge in [-0.2, -0.15) is 0 Å². The number of hydrazine groups is 1. The van der Waals surface area contributed by atoms with Crippen LogP contribution in [0.4, 0.5) is 5.69 Å². The van der Waals surface area contributed by atoms with Crippen LogP contribution in [0.15, 0.2) is 53.1 Å². The van der Waals surface area contributed by atoms with Crippen molar-refractivity contribution >= 4 is 17.5 Å². The van der Waals surface area contributed by atoms with E-state index in [1.165, 1.54) is 11.1 Å². The first-order valence-electron chi connectivity index (χ1n) is 13.0. The number of likely N-dealkylation sites (N-methyl/N-ethyl adjacent to an activating group) is 1. The minimum absolute atomic E-state index is 0. The van der Waals surface area contributed by atoms with Gasteiger partial charge in [-0.05, 0) is 55.2 Å². The Balaban J connectivity index is 0.00000400. The monoisotopic (exact) mass is 519 g/mol. The second-order valence-corrected chi connectivity index (χ2v) is 9.76. The second-order valence-electron chi connectivity index (χ2n) is 9.76. The van der Waals surface area contributed by atoms with Crippen molar-refractivity contribution in [2.75, 3.05) is 31.6 Å². The van der Waals surface area contributed by atoms with Crippen molar-refractivity contribution in [2.24, 2.45) is 0 Å². The lowest BCUT2D eigenvalue weighted by atomic mass is 10.1. The number of benzene rings is 2. The molecule has 0 atom stereocenters. The van der Waals surface area contributed by atoms with Crippen molar-refractivity contribution in [3.8, 4) is 11.3 Å². The maximum Gasteiger partial charge on any atom is 0.256 e. The third-order valence-corrected chi connectivity index (χ3v) is 6.82. The normalized spacial score (nSPS) is 12.5. The number of carbonyl (C=O) groups excluding carboxylic acids is 2. The molecule has 2 heterocycles. The van der Waals surface area contributed by atoms with E-state index in [0.29, 0.717) is 25.4 Å². The topological polar surface area (TPSA) is 81.9 Å². The van der Waals surface area contributed by atoms with Gasteiger partial charge in [-0.15, -0.1) is 0 Å². The molecule has 1 aliphatic rings. The lowest BCUT2D eigenvalue weighted by Gasteiger charge is -2.32. The molecule has 1 N–H and O–H groups in total. The molecule has 38 heavy (non-hydrogen) atoms. The van der Waals surface area contributed by atoms with Crippen LogP contribution < -0.4 is 10.2 Å². The van der Waals surface area contributed by atoms with Crippen LogP contribution in [-0.2, 0) is 22.7 Å². The summed E-state index contributed by atoms with van der Waals surface area (Å²) in [5, 5.41) is 10.7. The van der Waals surface area contributed by atoms with E-state index in [-0.39, 0.29) is 32.3 Å². The van der Waals surface area contributed by atoms with Gasteiger partial charge < -0.3 is 14.7 Å². The van der Waals surface area contributed by atoms with Crippen LogP contribution in [0.2, 0.25) is 0 Å². The van der Waals surface area contributed by atoms with E-state index in [0.717, 1.165) is 41.8 Å². The van der Waals surface area contributed by atoms with E-state index in [1.54, 1.807) is 12.1 Å². The van der Waals surface area contributed by atoms with Crippen molar-refractivity contribution < 1.29 is 14.1 Å². The van der Waals surface area contributed by atoms with Gasteiger partial charge in [0, 0.05) is 44.0 Å². The van der Waals surface area contributed by atoms with Crippen LogP contribution in [0.1, 0.15) is 56.0 Å². The predicted molar refractivity (Wildman–Crippen MR) is 151 cm³/mol. The number of hydrogen-bond donors (Lipinski definition) is 1. The Morgan fingerprint density at radius 2 is 1.74 bits per heavy atom. The molecule has 0 unspecified atom stereocenters. The Labute approximate surface area is 226 Å². The lowest BCUT2D eigenvalue weighted by Crippen LogP contribution is -2.48. The highest BCUT2D eigenvalue weighted by molar-refractivity contribution is 5.87. The summed E-state index contributed by atoms with van der Waals surface area (Å²) in [6.45, 7) is 8.23. The highest BCUT2D eigenvalue weighted by atomic mass is 16.5. The van der Waals surface area contributed by atoms with Gasteiger partial charge in [0.15, 0.2) is 5.76 Å². The van der Waals surface area contributed by atoms with Crippen LogP contribution in [0.3, 0.4) is 0 Å². The molecule has 8 nitrogen and oxygen atoms in total. The quantitative estimate of drug-likeness (QED) is 0.355. The minimum Gasteiger partial charge on any atom is -0.356 e. The Morgan fingerprint density at radius 3 is 2.34 bits per heavy atom. The molecule has 0 fully saturated rings. The smallest absolute Gasteiger partial charge is 0.256 e. The summed E-state index contributed by atoms with van der Waals surface area (Å²) in [6.07, 6.45) is 3.12. The highest BCUT2D eigenvalue weighted by Crippen LogP contribution is 2.28. The first-order chi connectivity index (χ1) is 17.9. The fourth-order valence-corrected chi connectivity index (χ4v) is 4.67. The number of unbranched alkanes of at least 4 members (excludes halogenated alkanes) is 2. The van der Waals surface area contributed by atoms with E-state index in [9.17, 15) is 9.59 Å². The first-order valence-corrected chi connectivity index (χ1v) is 13.0. The molecule has 0 saturated carbocycles. The maximum atomic E-state index is 13.4. The largest absolute Gasteiger partial charge is 0.356 e. The lowest BCUT2D eigenvalue weighted by molar-refractivity contribution is -0.145. The van der Waals surface area contributed by atoms with Gasteiger partial charge in [0.1, 0.15) is 0 Å². The summed E-state index contributed by atoms with van der Waals surface area (Å²) in [5.74, 6) is 0.534. The van der Waals surface area contributed by atoms with Gasteiger partial charge in [-0.25, -0.2) is 5.01 Å². The van der Waals surface area contributed by atoms with Crippen molar-refractivity contribution in [3.05, 3.63) is 70.9 Å². The molecule has 2 aromatic carbocycles. The molecule has 0 radical (unpaired) electrons. The molecule has 1 aromatic heterocycles. The zero-order valence-electron chi connectivity index (χ0n) is 22.3. The average Bonchev–Trinajstić information content (AvgIpc) is 3.52. The van der Waals surface area contributed by atoms with Crippen molar-refractivity contribution in [3.63, 3.8) is 0 Å². The van der Waals surface area contributed by atoms with E-state index < -0.39 is 0 Å². The van der Waals surface area contributed by atoms with Crippen molar-refractivity contribution in [1.82, 2.24) is 20.5 Å². The van der Waals surface area contributed by atoms with Gasteiger partial charge in [-0.3, -0.25) is 14.6 Å². The number of hydrogen-bond acceptors (Lipinski definition) is 6. The Hall–Kier alpha value is -3.65. The summed E-state index contributed by atoms with van der Waals surface area (Å²) in [5.41, 5.74) is 5.99. The summed E-state index contributed by atoms with van der Waals surface area (Å²) < 4.78 is 5.42. The van der Waals surface area contributed by atoms with Crippen molar-refractivity contribution in [2.45, 2.75) is 60.5 Å². The number of nitrogens with one attached hydrogen (secondary N) is 1. The highest BCUT2D eigenvalue weighted by Gasteiger charge is 2.27. The van der Waals surface area contributed by atoms with E-state index in [4.69, 9.17) is 4.52 Å². The third-order valence-electron chi connectivity index (χ3n) is 6.82. The summed E-state index contributed by atoms with van der Waals surface area (Å²) in [6, 6.07) is 16.0. The first kappa shape index (κ1) is 28.9. The number of carbonyl (C=O) groups is 2. The number of aromatic nitrogens is 1. The van der Waals surface area contributed by atoms with Gasteiger partial charge in [0.2, 0.25) is 5.91 Å². The molecular formula is C30H41N5O3. The van der Waals surface area contributed by atoms with E-state index in [1.807, 2.05) is 60.2 Å². The van der Waals surface area contributed by atoms with Gasteiger partial charge in [-0.1, -0.05) is 56.6 Å². The van der Waals surface area contributed by atoms with Crippen molar-refractivity contribution in [1.29, 1.82) is 0 Å².